The molecular formula is C18H20FN2O4P. The van der Waals surface area contributed by atoms with Crippen molar-refractivity contribution in [1.82, 2.24) is 9.34 Å². The molecule has 1 atom stereocenters. The van der Waals surface area contributed by atoms with Crippen LogP contribution >= 0.6 is 7.67 Å². The summed E-state index contributed by atoms with van der Waals surface area (Å²) in [5.41, 5.74) is 0.693. The smallest absolute Gasteiger partial charge is 0.346 e. The first kappa shape index (κ1) is 17.5. The molecule has 2 saturated heterocycles. The van der Waals surface area contributed by atoms with Crippen molar-refractivity contribution in [1.29, 1.82) is 0 Å². The Kier molecular flexibility index (Phi) is 4.49. The van der Waals surface area contributed by atoms with Crippen molar-refractivity contribution in [3.63, 3.8) is 0 Å². The van der Waals surface area contributed by atoms with Crippen molar-refractivity contribution >= 4 is 7.67 Å². The van der Waals surface area contributed by atoms with E-state index in [-0.39, 0.29) is 17.2 Å². The van der Waals surface area contributed by atoms with E-state index in [1.807, 2.05) is 9.34 Å². The summed E-state index contributed by atoms with van der Waals surface area (Å²) in [6, 6.07) is 10.7. The van der Waals surface area contributed by atoms with Gasteiger partial charge < -0.3 is 9.84 Å². The maximum atomic E-state index is 13.8. The molecule has 0 aromatic heterocycles. The second-order valence-electron chi connectivity index (χ2n) is 6.41. The van der Waals surface area contributed by atoms with E-state index < -0.39 is 19.6 Å². The predicted octanol–water partition coefficient (Wildman–Crippen LogP) is 4.14. The molecule has 2 aromatic carbocycles. The minimum Gasteiger partial charge on any atom is -0.504 e. The Balaban J connectivity index is 1.55. The summed E-state index contributed by atoms with van der Waals surface area (Å²) in [6.45, 7) is 4.91. The molecule has 0 aliphatic carbocycles. The number of benzene rings is 2. The molecule has 8 heteroatoms. The standard InChI is InChI=1S/C18H20FN2O4P/c1-13(25-26(23,20-8-9-20)21-10-11-21)14-6-7-16(22)18(12-14)24-17-5-3-2-4-15(17)19/h2-7,12-13,22H,8-11H2,1H3. The quantitative estimate of drug-likeness (QED) is 0.577. The summed E-state index contributed by atoms with van der Waals surface area (Å²) in [6.07, 6.45) is -0.467. The normalized spacial score (nSPS) is 18.5. The van der Waals surface area contributed by atoms with Crippen LogP contribution in [-0.2, 0) is 9.09 Å². The molecule has 2 aromatic rings. The number of hydrogen-bond acceptors (Lipinski definition) is 4. The maximum Gasteiger partial charge on any atom is 0.346 e. The molecule has 4 rings (SSSR count). The summed E-state index contributed by atoms with van der Waals surface area (Å²) in [4.78, 5) is 0. The van der Waals surface area contributed by atoms with E-state index >= 15 is 0 Å². The summed E-state index contributed by atoms with van der Waals surface area (Å²) in [5.74, 6) is -0.484. The lowest BCUT2D eigenvalue weighted by molar-refractivity contribution is 0.200. The van der Waals surface area contributed by atoms with Crippen LogP contribution in [0.5, 0.6) is 17.2 Å². The van der Waals surface area contributed by atoms with Crippen LogP contribution in [0.3, 0.4) is 0 Å². The van der Waals surface area contributed by atoms with E-state index in [2.05, 4.69) is 0 Å². The van der Waals surface area contributed by atoms with E-state index in [0.29, 0.717) is 5.56 Å². The van der Waals surface area contributed by atoms with Crippen molar-refractivity contribution in [3.8, 4) is 17.2 Å². The minimum atomic E-state index is -2.96. The zero-order valence-corrected chi connectivity index (χ0v) is 15.2. The van der Waals surface area contributed by atoms with Gasteiger partial charge in [0.2, 0.25) is 0 Å². The minimum absolute atomic E-state index is 0.0207. The number of halogens is 1. The van der Waals surface area contributed by atoms with Crippen LogP contribution in [0, 0.1) is 5.82 Å². The first-order valence-electron chi connectivity index (χ1n) is 8.52. The highest BCUT2D eigenvalue weighted by Gasteiger charge is 2.50. The Morgan fingerprint density at radius 2 is 1.73 bits per heavy atom. The van der Waals surface area contributed by atoms with Crippen molar-refractivity contribution in [2.75, 3.05) is 26.2 Å². The fraction of sp³-hybridized carbons (Fsp3) is 0.333. The van der Waals surface area contributed by atoms with Crippen LogP contribution in [0.2, 0.25) is 0 Å². The predicted molar refractivity (Wildman–Crippen MR) is 94.8 cm³/mol. The SMILES string of the molecule is CC(OP(=O)(N1CC1)N1CC1)c1ccc(O)c(Oc2ccccc2F)c1. The first-order chi connectivity index (χ1) is 12.5. The number of aromatic hydroxyl groups is 1. The molecular weight excluding hydrogens is 358 g/mol. The molecule has 0 saturated carbocycles. The number of nitrogens with zero attached hydrogens (tertiary/aromatic N) is 2. The Hall–Kier alpha value is -1.92. The molecule has 0 amide bonds. The highest BCUT2D eigenvalue weighted by Crippen LogP contribution is 2.63. The van der Waals surface area contributed by atoms with Crippen LogP contribution in [-0.4, -0.2) is 40.6 Å². The van der Waals surface area contributed by atoms with Gasteiger partial charge in [0.05, 0.1) is 6.10 Å². The van der Waals surface area contributed by atoms with Crippen LogP contribution in [0.1, 0.15) is 18.6 Å². The van der Waals surface area contributed by atoms with Crippen LogP contribution in [0.4, 0.5) is 4.39 Å². The monoisotopic (exact) mass is 378 g/mol. The van der Waals surface area contributed by atoms with Gasteiger partial charge in [-0.2, -0.15) is 0 Å². The lowest BCUT2D eigenvalue weighted by Crippen LogP contribution is -2.10. The average Bonchev–Trinajstić information content (AvgIpc) is 3.50. The van der Waals surface area contributed by atoms with E-state index in [1.54, 1.807) is 31.2 Å². The van der Waals surface area contributed by atoms with Gasteiger partial charge in [-0.1, -0.05) is 18.2 Å². The number of phenols is 1. The fourth-order valence-electron chi connectivity index (χ4n) is 2.69. The molecule has 1 unspecified atom stereocenters. The summed E-state index contributed by atoms with van der Waals surface area (Å²) in [5, 5.41) is 10.0. The third kappa shape index (κ3) is 3.48. The number of rotatable bonds is 7. The second kappa shape index (κ2) is 6.67. The molecule has 0 radical (unpaired) electrons. The summed E-state index contributed by atoms with van der Waals surface area (Å²) < 4.78 is 42.0. The van der Waals surface area contributed by atoms with Crippen molar-refractivity contribution in [3.05, 3.63) is 53.8 Å². The highest BCUT2D eigenvalue weighted by molar-refractivity contribution is 7.54. The maximum absolute atomic E-state index is 13.8. The van der Waals surface area contributed by atoms with Crippen LogP contribution < -0.4 is 4.74 Å². The Morgan fingerprint density at radius 1 is 1.08 bits per heavy atom. The van der Waals surface area contributed by atoms with E-state index in [4.69, 9.17) is 9.26 Å². The van der Waals surface area contributed by atoms with Gasteiger partial charge in [-0.15, -0.1) is 0 Å². The van der Waals surface area contributed by atoms with Gasteiger partial charge in [0.25, 0.3) is 0 Å². The zero-order valence-electron chi connectivity index (χ0n) is 14.3. The van der Waals surface area contributed by atoms with Gasteiger partial charge in [0.1, 0.15) is 0 Å². The lowest BCUT2D eigenvalue weighted by Gasteiger charge is -2.24. The Morgan fingerprint density at radius 3 is 2.35 bits per heavy atom. The van der Waals surface area contributed by atoms with Gasteiger partial charge in [-0.25, -0.2) is 13.7 Å². The first-order valence-corrected chi connectivity index (χ1v) is 10.0. The second-order valence-corrected chi connectivity index (χ2v) is 8.73. The molecule has 2 aliphatic rings. The highest BCUT2D eigenvalue weighted by atomic mass is 31.2. The molecule has 6 nitrogen and oxygen atoms in total. The third-order valence-electron chi connectivity index (χ3n) is 4.37. The topological polar surface area (TPSA) is 61.8 Å². The van der Waals surface area contributed by atoms with Crippen molar-refractivity contribution in [2.45, 2.75) is 13.0 Å². The van der Waals surface area contributed by atoms with Gasteiger partial charge in [-0.05, 0) is 36.8 Å². The molecule has 2 fully saturated rings. The number of hydrogen-bond donors (Lipinski definition) is 1. The lowest BCUT2D eigenvalue weighted by atomic mass is 10.1. The average molecular weight is 378 g/mol. The fourth-order valence-corrected chi connectivity index (χ4v) is 5.03. The molecule has 2 heterocycles. The third-order valence-corrected chi connectivity index (χ3v) is 7.19. The van der Waals surface area contributed by atoms with Crippen LogP contribution in [0.15, 0.2) is 42.5 Å². The molecule has 1 N–H and O–H groups in total. The zero-order chi connectivity index (χ0) is 18.3. The van der Waals surface area contributed by atoms with Crippen LogP contribution in [0.25, 0.3) is 0 Å². The summed E-state index contributed by atoms with van der Waals surface area (Å²) >= 11 is 0. The van der Waals surface area contributed by atoms with Gasteiger partial charge in [0, 0.05) is 26.2 Å². The number of para-hydroxylation sites is 1. The molecule has 26 heavy (non-hydrogen) atoms. The van der Waals surface area contributed by atoms with Gasteiger partial charge in [0.15, 0.2) is 23.1 Å². The van der Waals surface area contributed by atoms with E-state index in [9.17, 15) is 14.1 Å². The number of phenolic OH excluding ortho intramolecular Hbond substituents is 1. The van der Waals surface area contributed by atoms with Gasteiger partial charge in [-0.3, -0.25) is 9.09 Å². The van der Waals surface area contributed by atoms with Crippen molar-refractivity contribution in [2.24, 2.45) is 0 Å². The van der Waals surface area contributed by atoms with E-state index in [0.717, 1.165) is 26.2 Å². The summed E-state index contributed by atoms with van der Waals surface area (Å²) in [7, 11) is -2.96. The number of ether oxygens (including phenoxy) is 1. The molecule has 138 valence electrons. The van der Waals surface area contributed by atoms with E-state index in [1.165, 1.54) is 18.2 Å². The molecule has 0 spiro atoms. The Bertz CT molecular complexity index is 854. The molecule has 2 aliphatic heterocycles. The van der Waals surface area contributed by atoms with Crippen molar-refractivity contribution < 1.29 is 23.3 Å². The Labute approximate surface area is 151 Å². The molecule has 0 bridgehead atoms. The van der Waals surface area contributed by atoms with Gasteiger partial charge >= 0.3 is 7.67 Å². The largest absolute Gasteiger partial charge is 0.504 e.